The molecule has 0 spiro atoms. The highest BCUT2D eigenvalue weighted by molar-refractivity contribution is 5.64. The van der Waals surface area contributed by atoms with Gasteiger partial charge in [-0.3, -0.25) is 0 Å². The summed E-state index contributed by atoms with van der Waals surface area (Å²) in [6.07, 6.45) is 0.929. The van der Waals surface area contributed by atoms with E-state index < -0.39 is 0 Å². The molecule has 1 rings (SSSR count). The van der Waals surface area contributed by atoms with Gasteiger partial charge in [-0.25, -0.2) is 0 Å². The van der Waals surface area contributed by atoms with Gasteiger partial charge in [-0.05, 0) is 17.6 Å². The van der Waals surface area contributed by atoms with E-state index in [1.807, 2.05) is 30.3 Å². The smallest absolute Gasteiger partial charge is 0.0584 e. The van der Waals surface area contributed by atoms with Crippen molar-refractivity contribution in [3.05, 3.63) is 42.5 Å². The Bertz CT molecular complexity index is 291. The fraction of sp³-hybridized carbons (Fsp3) is 0.385. The molecule has 0 aliphatic heterocycles. The lowest BCUT2D eigenvalue weighted by Crippen LogP contribution is -2.32. The Morgan fingerprint density at radius 3 is 2.60 bits per heavy atom. The number of hydrogen-bond donors (Lipinski definition) is 2. The molecule has 1 unspecified atom stereocenters. The Balaban J connectivity index is 2.43. The predicted molar refractivity (Wildman–Crippen MR) is 64.6 cm³/mol. The number of rotatable bonds is 6. The van der Waals surface area contributed by atoms with Crippen LogP contribution in [0, 0.1) is 0 Å². The van der Waals surface area contributed by atoms with Gasteiger partial charge < -0.3 is 10.4 Å². The average Bonchev–Trinajstić information content (AvgIpc) is 2.31. The highest BCUT2D eigenvalue weighted by atomic mass is 16.3. The Labute approximate surface area is 91.6 Å². The van der Waals surface area contributed by atoms with Gasteiger partial charge in [0.25, 0.3) is 0 Å². The summed E-state index contributed by atoms with van der Waals surface area (Å²) in [5.41, 5.74) is 2.21. The third-order valence-electron chi connectivity index (χ3n) is 2.50. The third-order valence-corrected chi connectivity index (χ3v) is 2.50. The number of hydrogen-bond acceptors (Lipinski definition) is 2. The van der Waals surface area contributed by atoms with E-state index in [9.17, 15) is 0 Å². The first kappa shape index (κ1) is 12.0. The molecule has 0 saturated heterocycles. The summed E-state index contributed by atoms with van der Waals surface area (Å²) in [5, 5.41) is 12.3. The van der Waals surface area contributed by atoms with Crippen LogP contribution in [0.5, 0.6) is 0 Å². The molecule has 0 radical (unpaired) electrons. The second kappa shape index (κ2) is 6.38. The fourth-order valence-electron chi connectivity index (χ4n) is 1.38. The van der Waals surface area contributed by atoms with Crippen molar-refractivity contribution in [3.63, 3.8) is 0 Å². The standard InChI is InChI=1S/C13H19NO/c1-3-13(10-15)14-9-11(2)12-7-5-4-6-8-12/h4-8,13-15H,2-3,9-10H2,1H3. The number of aliphatic hydroxyl groups is 1. The lowest BCUT2D eigenvalue weighted by atomic mass is 10.1. The molecule has 1 aromatic rings. The van der Waals surface area contributed by atoms with Crippen molar-refractivity contribution in [2.24, 2.45) is 0 Å². The van der Waals surface area contributed by atoms with Gasteiger partial charge in [0.15, 0.2) is 0 Å². The van der Waals surface area contributed by atoms with Crippen molar-refractivity contribution >= 4 is 5.57 Å². The van der Waals surface area contributed by atoms with E-state index in [4.69, 9.17) is 5.11 Å². The molecule has 0 fully saturated rings. The van der Waals surface area contributed by atoms with Crippen molar-refractivity contribution in [2.45, 2.75) is 19.4 Å². The normalized spacial score (nSPS) is 12.4. The minimum absolute atomic E-state index is 0.172. The topological polar surface area (TPSA) is 32.3 Å². The van der Waals surface area contributed by atoms with Crippen molar-refractivity contribution in [3.8, 4) is 0 Å². The highest BCUT2D eigenvalue weighted by Gasteiger charge is 2.04. The first-order valence-electron chi connectivity index (χ1n) is 5.35. The predicted octanol–water partition coefficient (Wildman–Crippen LogP) is 2.06. The van der Waals surface area contributed by atoms with Crippen molar-refractivity contribution < 1.29 is 5.11 Å². The first-order chi connectivity index (χ1) is 7.27. The van der Waals surface area contributed by atoms with Crippen LogP contribution in [-0.4, -0.2) is 24.3 Å². The van der Waals surface area contributed by atoms with E-state index in [2.05, 4.69) is 18.8 Å². The molecule has 15 heavy (non-hydrogen) atoms. The van der Waals surface area contributed by atoms with E-state index in [0.717, 1.165) is 24.1 Å². The Morgan fingerprint density at radius 2 is 2.07 bits per heavy atom. The van der Waals surface area contributed by atoms with E-state index in [1.165, 1.54) is 0 Å². The summed E-state index contributed by atoms with van der Waals surface area (Å²) in [7, 11) is 0. The lowest BCUT2D eigenvalue weighted by Gasteiger charge is -2.15. The third kappa shape index (κ3) is 3.86. The van der Waals surface area contributed by atoms with Crippen molar-refractivity contribution in [1.29, 1.82) is 0 Å². The van der Waals surface area contributed by atoms with Gasteiger partial charge in [0.2, 0.25) is 0 Å². The van der Waals surface area contributed by atoms with Crippen molar-refractivity contribution in [1.82, 2.24) is 5.32 Å². The van der Waals surface area contributed by atoms with Crippen LogP contribution in [0.3, 0.4) is 0 Å². The summed E-state index contributed by atoms with van der Waals surface area (Å²) >= 11 is 0. The summed E-state index contributed by atoms with van der Waals surface area (Å²) in [5.74, 6) is 0. The Hall–Kier alpha value is -1.12. The van der Waals surface area contributed by atoms with Crippen LogP contribution in [0.2, 0.25) is 0 Å². The molecular weight excluding hydrogens is 186 g/mol. The van der Waals surface area contributed by atoms with Gasteiger partial charge in [-0.2, -0.15) is 0 Å². The van der Waals surface area contributed by atoms with E-state index in [0.29, 0.717) is 0 Å². The van der Waals surface area contributed by atoms with Crippen LogP contribution >= 0.6 is 0 Å². The molecule has 2 heteroatoms. The quantitative estimate of drug-likeness (QED) is 0.745. The summed E-state index contributed by atoms with van der Waals surface area (Å²) in [6, 6.07) is 10.3. The van der Waals surface area contributed by atoms with Gasteiger partial charge in [-0.15, -0.1) is 0 Å². The molecule has 1 atom stereocenters. The Kier molecular flexibility index (Phi) is 5.08. The zero-order chi connectivity index (χ0) is 11.1. The zero-order valence-corrected chi connectivity index (χ0v) is 9.24. The molecule has 2 N–H and O–H groups in total. The maximum Gasteiger partial charge on any atom is 0.0584 e. The van der Waals surface area contributed by atoms with Crippen molar-refractivity contribution in [2.75, 3.05) is 13.2 Å². The zero-order valence-electron chi connectivity index (χ0n) is 9.24. The van der Waals surface area contributed by atoms with Crippen LogP contribution in [0.1, 0.15) is 18.9 Å². The lowest BCUT2D eigenvalue weighted by molar-refractivity contribution is 0.243. The maximum atomic E-state index is 9.02. The van der Waals surface area contributed by atoms with Crippen LogP contribution in [0.4, 0.5) is 0 Å². The number of aliphatic hydroxyl groups excluding tert-OH is 1. The molecule has 0 aliphatic carbocycles. The average molecular weight is 205 g/mol. The minimum atomic E-state index is 0.172. The van der Waals surface area contributed by atoms with Gasteiger partial charge in [0, 0.05) is 12.6 Å². The fourth-order valence-corrected chi connectivity index (χ4v) is 1.38. The Morgan fingerprint density at radius 1 is 1.40 bits per heavy atom. The van der Waals surface area contributed by atoms with Gasteiger partial charge in [0.05, 0.1) is 6.61 Å². The van der Waals surface area contributed by atoms with Crippen LogP contribution in [-0.2, 0) is 0 Å². The van der Waals surface area contributed by atoms with Gasteiger partial charge >= 0.3 is 0 Å². The second-order valence-corrected chi connectivity index (χ2v) is 3.64. The van der Waals surface area contributed by atoms with E-state index in [-0.39, 0.29) is 12.6 Å². The molecule has 0 bridgehead atoms. The molecule has 0 amide bonds. The maximum absolute atomic E-state index is 9.02. The SMILES string of the molecule is C=C(CNC(CC)CO)c1ccccc1. The first-order valence-corrected chi connectivity index (χ1v) is 5.35. The molecule has 82 valence electrons. The minimum Gasteiger partial charge on any atom is -0.395 e. The molecule has 0 saturated carbocycles. The van der Waals surface area contributed by atoms with Crippen LogP contribution in [0.15, 0.2) is 36.9 Å². The highest BCUT2D eigenvalue weighted by Crippen LogP contribution is 2.10. The van der Waals surface area contributed by atoms with Gasteiger partial charge in [-0.1, -0.05) is 43.8 Å². The molecule has 1 aromatic carbocycles. The van der Waals surface area contributed by atoms with Crippen LogP contribution < -0.4 is 5.32 Å². The number of nitrogens with one attached hydrogen (secondary N) is 1. The van der Waals surface area contributed by atoms with Gasteiger partial charge in [0.1, 0.15) is 0 Å². The summed E-state index contributed by atoms with van der Waals surface area (Å²) in [4.78, 5) is 0. The largest absolute Gasteiger partial charge is 0.395 e. The summed E-state index contributed by atoms with van der Waals surface area (Å²) < 4.78 is 0. The van der Waals surface area contributed by atoms with E-state index >= 15 is 0 Å². The molecule has 0 aromatic heterocycles. The van der Waals surface area contributed by atoms with E-state index in [1.54, 1.807) is 0 Å². The molecular formula is C13H19NO. The molecule has 0 heterocycles. The summed E-state index contributed by atoms with van der Waals surface area (Å²) in [6.45, 7) is 6.98. The molecule has 2 nitrogen and oxygen atoms in total. The molecule has 0 aliphatic rings. The second-order valence-electron chi connectivity index (χ2n) is 3.64. The number of benzene rings is 1. The van der Waals surface area contributed by atoms with Crippen LogP contribution in [0.25, 0.3) is 5.57 Å². The monoisotopic (exact) mass is 205 g/mol.